The summed E-state index contributed by atoms with van der Waals surface area (Å²) >= 11 is 6.79. The summed E-state index contributed by atoms with van der Waals surface area (Å²) in [6, 6.07) is 15.9. The molecule has 0 saturated carbocycles. The van der Waals surface area contributed by atoms with Crippen molar-refractivity contribution in [1.29, 1.82) is 0 Å². The topological polar surface area (TPSA) is 29.1 Å². The van der Waals surface area contributed by atoms with E-state index in [1.54, 1.807) is 0 Å². The highest BCUT2D eigenvalue weighted by Crippen LogP contribution is 2.20. The number of carbonyl (C=O) groups excluding carboxylic acids is 1. The van der Waals surface area contributed by atoms with E-state index in [4.69, 9.17) is 0 Å². The molecule has 0 radical (unpaired) electrons. The average molecular weight is 411 g/mol. The predicted molar refractivity (Wildman–Crippen MR) is 93.6 cm³/mol. The first-order valence-electron chi connectivity index (χ1n) is 6.85. The summed E-state index contributed by atoms with van der Waals surface area (Å²) in [7, 11) is 0. The highest BCUT2D eigenvalue weighted by molar-refractivity contribution is 9.11. The van der Waals surface area contributed by atoms with Crippen molar-refractivity contribution >= 4 is 37.8 Å². The summed E-state index contributed by atoms with van der Waals surface area (Å²) in [4.78, 5) is 12.1. The SMILES string of the molecule is CC(CCNC(=O)c1cc(Br)cc(Br)c1)c1ccccc1. The van der Waals surface area contributed by atoms with E-state index in [9.17, 15) is 4.79 Å². The van der Waals surface area contributed by atoms with Gasteiger partial charge in [-0.3, -0.25) is 4.79 Å². The molecule has 0 saturated heterocycles. The third-order valence-electron chi connectivity index (χ3n) is 3.36. The zero-order valence-electron chi connectivity index (χ0n) is 11.8. The second kappa shape index (κ2) is 7.76. The number of hydrogen-bond acceptors (Lipinski definition) is 1. The molecule has 1 amide bonds. The number of nitrogens with one attached hydrogen (secondary N) is 1. The lowest BCUT2D eigenvalue weighted by Crippen LogP contribution is -2.25. The molecule has 0 spiro atoms. The van der Waals surface area contributed by atoms with Crippen molar-refractivity contribution in [2.75, 3.05) is 6.54 Å². The molecule has 0 bridgehead atoms. The van der Waals surface area contributed by atoms with Crippen LogP contribution in [0.5, 0.6) is 0 Å². The third kappa shape index (κ3) is 4.97. The first kappa shape index (κ1) is 16.2. The normalized spacial score (nSPS) is 12.0. The smallest absolute Gasteiger partial charge is 0.251 e. The van der Waals surface area contributed by atoms with Gasteiger partial charge in [0.1, 0.15) is 0 Å². The van der Waals surface area contributed by atoms with Crippen molar-refractivity contribution in [3.8, 4) is 0 Å². The summed E-state index contributed by atoms with van der Waals surface area (Å²) in [6.07, 6.45) is 0.922. The Balaban J connectivity index is 1.87. The Hall–Kier alpha value is -1.13. The minimum absolute atomic E-state index is 0.0442. The summed E-state index contributed by atoms with van der Waals surface area (Å²) in [5, 5.41) is 2.97. The van der Waals surface area contributed by atoms with Gasteiger partial charge in [-0.1, -0.05) is 69.1 Å². The molecule has 0 aromatic heterocycles. The molecule has 2 rings (SSSR count). The molecule has 21 heavy (non-hydrogen) atoms. The van der Waals surface area contributed by atoms with Gasteiger partial charge >= 0.3 is 0 Å². The number of amides is 1. The first-order chi connectivity index (χ1) is 10.1. The largest absolute Gasteiger partial charge is 0.352 e. The van der Waals surface area contributed by atoms with Gasteiger partial charge in [-0.15, -0.1) is 0 Å². The van der Waals surface area contributed by atoms with Crippen LogP contribution in [0.4, 0.5) is 0 Å². The van der Waals surface area contributed by atoms with E-state index in [-0.39, 0.29) is 5.91 Å². The van der Waals surface area contributed by atoms with Crippen molar-refractivity contribution in [1.82, 2.24) is 5.32 Å². The average Bonchev–Trinajstić information content (AvgIpc) is 2.47. The zero-order valence-corrected chi connectivity index (χ0v) is 14.9. The number of carbonyl (C=O) groups is 1. The van der Waals surface area contributed by atoms with Gasteiger partial charge < -0.3 is 5.32 Å². The van der Waals surface area contributed by atoms with Crippen molar-refractivity contribution in [3.05, 3.63) is 68.6 Å². The number of rotatable bonds is 5. The van der Waals surface area contributed by atoms with Crippen LogP contribution in [0.2, 0.25) is 0 Å². The van der Waals surface area contributed by atoms with E-state index < -0.39 is 0 Å². The Morgan fingerprint density at radius 2 is 1.71 bits per heavy atom. The fourth-order valence-corrected chi connectivity index (χ4v) is 3.43. The van der Waals surface area contributed by atoms with Crippen LogP contribution in [0.25, 0.3) is 0 Å². The second-order valence-corrected chi connectivity index (χ2v) is 6.85. The maximum absolute atomic E-state index is 12.1. The van der Waals surface area contributed by atoms with E-state index >= 15 is 0 Å². The molecule has 1 N–H and O–H groups in total. The lowest BCUT2D eigenvalue weighted by atomic mass is 9.98. The second-order valence-electron chi connectivity index (χ2n) is 5.01. The lowest BCUT2D eigenvalue weighted by Gasteiger charge is -2.12. The molecule has 0 fully saturated rings. The Bertz CT molecular complexity index is 593. The fourth-order valence-electron chi connectivity index (χ4n) is 2.14. The Labute approximate surface area is 142 Å². The van der Waals surface area contributed by atoms with Gasteiger partial charge in [0, 0.05) is 21.1 Å². The van der Waals surface area contributed by atoms with Gasteiger partial charge in [-0.05, 0) is 36.1 Å². The predicted octanol–water partition coefficient (Wildman–Crippen LogP) is 5.14. The van der Waals surface area contributed by atoms with E-state index in [1.807, 2.05) is 36.4 Å². The fraction of sp³-hybridized carbons (Fsp3) is 0.235. The van der Waals surface area contributed by atoms with Crippen molar-refractivity contribution in [3.63, 3.8) is 0 Å². The molecule has 2 nitrogen and oxygen atoms in total. The summed E-state index contributed by atoms with van der Waals surface area (Å²) in [5.41, 5.74) is 1.96. The third-order valence-corrected chi connectivity index (χ3v) is 4.27. The molecule has 1 unspecified atom stereocenters. The van der Waals surface area contributed by atoms with Crippen molar-refractivity contribution in [2.24, 2.45) is 0 Å². The van der Waals surface area contributed by atoms with Crippen LogP contribution in [0.15, 0.2) is 57.5 Å². The van der Waals surface area contributed by atoms with Gasteiger partial charge in [-0.25, -0.2) is 0 Å². The van der Waals surface area contributed by atoms with Gasteiger partial charge in [0.15, 0.2) is 0 Å². The van der Waals surface area contributed by atoms with Gasteiger partial charge in [0.2, 0.25) is 0 Å². The summed E-state index contributed by atoms with van der Waals surface area (Å²) < 4.78 is 1.78. The van der Waals surface area contributed by atoms with Crippen LogP contribution >= 0.6 is 31.9 Å². The standard InChI is InChI=1S/C17H17Br2NO/c1-12(13-5-3-2-4-6-13)7-8-20-17(21)14-9-15(18)11-16(19)10-14/h2-6,9-12H,7-8H2,1H3,(H,20,21). The zero-order chi connectivity index (χ0) is 15.2. The molecule has 0 aliphatic heterocycles. The quantitative estimate of drug-likeness (QED) is 0.726. The van der Waals surface area contributed by atoms with Gasteiger partial charge in [0.05, 0.1) is 0 Å². The van der Waals surface area contributed by atoms with Gasteiger partial charge in [0.25, 0.3) is 5.91 Å². The minimum atomic E-state index is -0.0442. The maximum atomic E-state index is 12.1. The monoisotopic (exact) mass is 409 g/mol. The molecule has 4 heteroatoms. The number of benzene rings is 2. The summed E-state index contributed by atoms with van der Waals surface area (Å²) in [6.45, 7) is 2.84. The molecule has 1 atom stereocenters. The van der Waals surface area contributed by atoms with Crippen LogP contribution in [0.1, 0.15) is 35.2 Å². The Morgan fingerprint density at radius 3 is 2.33 bits per heavy atom. The van der Waals surface area contributed by atoms with Crippen LogP contribution in [-0.4, -0.2) is 12.5 Å². The molecule has 110 valence electrons. The lowest BCUT2D eigenvalue weighted by molar-refractivity contribution is 0.0952. The van der Waals surface area contributed by atoms with Crippen molar-refractivity contribution in [2.45, 2.75) is 19.3 Å². The van der Waals surface area contributed by atoms with E-state index in [0.717, 1.165) is 15.4 Å². The Kier molecular flexibility index (Phi) is 6.00. The highest BCUT2D eigenvalue weighted by atomic mass is 79.9. The van der Waals surface area contributed by atoms with Crippen LogP contribution in [-0.2, 0) is 0 Å². The summed E-state index contributed by atoms with van der Waals surface area (Å²) in [5.74, 6) is 0.387. The molecule has 2 aromatic carbocycles. The molecule has 0 aliphatic rings. The van der Waals surface area contributed by atoms with Crippen LogP contribution in [0.3, 0.4) is 0 Å². The Morgan fingerprint density at radius 1 is 1.10 bits per heavy atom. The minimum Gasteiger partial charge on any atom is -0.352 e. The van der Waals surface area contributed by atoms with Crippen LogP contribution in [0, 0.1) is 0 Å². The molecular formula is C17H17Br2NO. The number of hydrogen-bond donors (Lipinski definition) is 1. The molecular weight excluding hydrogens is 394 g/mol. The molecule has 0 heterocycles. The van der Waals surface area contributed by atoms with Crippen LogP contribution < -0.4 is 5.32 Å². The van der Waals surface area contributed by atoms with Gasteiger partial charge in [-0.2, -0.15) is 0 Å². The van der Waals surface area contributed by atoms with E-state index in [1.165, 1.54) is 5.56 Å². The van der Waals surface area contributed by atoms with E-state index in [2.05, 4.69) is 56.2 Å². The molecule has 0 aliphatic carbocycles. The first-order valence-corrected chi connectivity index (χ1v) is 8.44. The number of halogens is 2. The van der Waals surface area contributed by atoms with E-state index in [0.29, 0.717) is 18.0 Å². The van der Waals surface area contributed by atoms with Crippen molar-refractivity contribution < 1.29 is 4.79 Å². The molecule has 2 aromatic rings. The maximum Gasteiger partial charge on any atom is 0.251 e. The highest BCUT2D eigenvalue weighted by Gasteiger charge is 2.09.